The van der Waals surface area contributed by atoms with Crippen molar-refractivity contribution in [3.05, 3.63) is 23.4 Å². The van der Waals surface area contributed by atoms with E-state index in [0.717, 1.165) is 11.3 Å². The third-order valence-corrected chi connectivity index (χ3v) is 1.75. The first-order chi connectivity index (χ1) is 5.09. The lowest BCUT2D eigenvalue weighted by Crippen LogP contribution is -2.24. The molecular formula is C9H14FN. The van der Waals surface area contributed by atoms with Crippen molar-refractivity contribution in [3.8, 4) is 0 Å². The first-order valence-corrected chi connectivity index (χ1v) is 3.90. The van der Waals surface area contributed by atoms with Crippen LogP contribution in [0.3, 0.4) is 0 Å². The third kappa shape index (κ3) is 2.07. The SMILES string of the molecule is CC1=CC(C(C)C)=CC(F)N1. The zero-order valence-electron chi connectivity index (χ0n) is 7.19. The molecule has 1 unspecified atom stereocenters. The molecule has 1 heterocycles. The molecule has 1 nitrogen and oxygen atoms in total. The molecule has 0 amide bonds. The number of nitrogens with one attached hydrogen (secondary N) is 1. The van der Waals surface area contributed by atoms with Gasteiger partial charge in [-0.3, -0.25) is 0 Å². The molecule has 0 saturated heterocycles. The summed E-state index contributed by atoms with van der Waals surface area (Å²) in [6.07, 6.45) is 2.61. The molecule has 0 saturated carbocycles. The van der Waals surface area contributed by atoms with Crippen LogP contribution in [-0.4, -0.2) is 6.30 Å². The maximum absolute atomic E-state index is 12.8. The van der Waals surface area contributed by atoms with Gasteiger partial charge in [-0.1, -0.05) is 13.8 Å². The smallest absolute Gasteiger partial charge is 0.189 e. The summed E-state index contributed by atoms with van der Waals surface area (Å²) in [5.74, 6) is 0.408. The fourth-order valence-electron chi connectivity index (χ4n) is 1.13. The van der Waals surface area contributed by atoms with Gasteiger partial charge in [-0.2, -0.15) is 0 Å². The Bertz CT molecular complexity index is 204. The molecule has 0 aliphatic carbocycles. The van der Waals surface area contributed by atoms with Gasteiger partial charge < -0.3 is 5.32 Å². The summed E-state index contributed by atoms with van der Waals surface area (Å²) >= 11 is 0. The summed E-state index contributed by atoms with van der Waals surface area (Å²) in [6.45, 7) is 6.00. The van der Waals surface area contributed by atoms with Crippen LogP contribution in [0.5, 0.6) is 0 Å². The number of rotatable bonds is 1. The predicted molar refractivity (Wildman–Crippen MR) is 44.7 cm³/mol. The highest BCUT2D eigenvalue weighted by Gasteiger charge is 2.11. The molecule has 1 aliphatic heterocycles. The van der Waals surface area contributed by atoms with E-state index in [0.29, 0.717) is 5.92 Å². The van der Waals surface area contributed by atoms with Gasteiger partial charge in [-0.25, -0.2) is 4.39 Å². The van der Waals surface area contributed by atoms with Gasteiger partial charge in [0.25, 0.3) is 0 Å². The molecule has 62 valence electrons. The quantitative estimate of drug-likeness (QED) is 0.573. The first-order valence-electron chi connectivity index (χ1n) is 3.90. The van der Waals surface area contributed by atoms with Crippen LogP contribution in [-0.2, 0) is 0 Å². The Labute approximate surface area is 67.0 Å². The summed E-state index contributed by atoms with van der Waals surface area (Å²) < 4.78 is 12.8. The Kier molecular flexibility index (Phi) is 2.32. The lowest BCUT2D eigenvalue weighted by molar-refractivity contribution is 0.351. The molecule has 0 spiro atoms. The molecule has 1 rings (SSSR count). The molecule has 0 aromatic rings. The minimum Gasteiger partial charge on any atom is -0.356 e. The molecule has 0 aromatic carbocycles. The normalized spacial score (nSPS) is 24.3. The van der Waals surface area contributed by atoms with E-state index < -0.39 is 6.30 Å². The highest BCUT2D eigenvalue weighted by Crippen LogP contribution is 2.17. The predicted octanol–water partition coefficient (Wildman–Crippen LogP) is 2.37. The first kappa shape index (κ1) is 8.31. The summed E-state index contributed by atoms with van der Waals surface area (Å²) in [5, 5.41) is 2.68. The van der Waals surface area contributed by atoms with Crippen molar-refractivity contribution >= 4 is 0 Å². The zero-order chi connectivity index (χ0) is 8.43. The van der Waals surface area contributed by atoms with Crippen molar-refractivity contribution in [1.29, 1.82) is 0 Å². The minimum absolute atomic E-state index is 0.408. The van der Waals surface area contributed by atoms with Gasteiger partial charge in [0, 0.05) is 5.70 Å². The molecule has 1 atom stereocenters. The maximum atomic E-state index is 12.8. The van der Waals surface area contributed by atoms with E-state index in [-0.39, 0.29) is 0 Å². The van der Waals surface area contributed by atoms with Gasteiger partial charge in [0.2, 0.25) is 0 Å². The Morgan fingerprint density at radius 3 is 2.64 bits per heavy atom. The average molecular weight is 155 g/mol. The number of halogens is 1. The van der Waals surface area contributed by atoms with E-state index in [2.05, 4.69) is 19.2 Å². The molecule has 2 heteroatoms. The molecule has 11 heavy (non-hydrogen) atoms. The Balaban J connectivity index is 2.78. The van der Waals surface area contributed by atoms with Crippen molar-refractivity contribution in [2.75, 3.05) is 0 Å². The van der Waals surface area contributed by atoms with Crippen molar-refractivity contribution in [1.82, 2.24) is 5.32 Å². The molecular weight excluding hydrogens is 141 g/mol. The fourth-order valence-corrected chi connectivity index (χ4v) is 1.13. The van der Waals surface area contributed by atoms with E-state index in [4.69, 9.17) is 0 Å². The van der Waals surface area contributed by atoms with Gasteiger partial charge in [-0.15, -0.1) is 0 Å². The Morgan fingerprint density at radius 2 is 2.18 bits per heavy atom. The van der Waals surface area contributed by atoms with Crippen molar-refractivity contribution < 1.29 is 4.39 Å². The summed E-state index contributed by atoms with van der Waals surface area (Å²) in [6, 6.07) is 0. The summed E-state index contributed by atoms with van der Waals surface area (Å²) in [5.41, 5.74) is 1.98. The fraction of sp³-hybridized carbons (Fsp3) is 0.556. The standard InChI is InChI=1S/C9H14FN/c1-6(2)8-4-7(3)11-9(10)5-8/h4-6,9,11H,1-3H3. The molecule has 1 aliphatic rings. The van der Waals surface area contributed by atoms with Crippen LogP contribution in [0, 0.1) is 5.92 Å². The number of alkyl halides is 1. The largest absolute Gasteiger partial charge is 0.356 e. The monoisotopic (exact) mass is 155 g/mol. The van der Waals surface area contributed by atoms with E-state index in [1.165, 1.54) is 0 Å². The second-order valence-corrected chi connectivity index (χ2v) is 3.19. The lowest BCUT2D eigenvalue weighted by atomic mass is 10.00. The minimum atomic E-state index is -1.00. The number of hydrogen-bond acceptors (Lipinski definition) is 1. The van der Waals surface area contributed by atoms with Gasteiger partial charge in [-0.05, 0) is 30.6 Å². The highest BCUT2D eigenvalue weighted by molar-refractivity contribution is 5.28. The van der Waals surface area contributed by atoms with Gasteiger partial charge in [0.15, 0.2) is 6.30 Å². The van der Waals surface area contributed by atoms with Gasteiger partial charge >= 0.3 is 0 Å². The number of dihydropyridines is 1. The second kappa shape index (κ2) is 3.07. The van der Waals surface area contributed by atoms with E-state index in [1.54, 1.807) is 6.08 Å². The Morgan fingerprint density at radius 1 is 1.55 bits per heavy atom. The van der Waals surface area contributed by atoms with E-state index >= 15 is 0 Å². The third-order valence-electron chi connectivity index (χ3n) is 1.75. The van der Waals surface area contributed by atoms with E-state index in [1.807, 2.05) is 13.0 Å². The topological polar surface area (TPSA) is 12.0 Å². The van der Waals surface area contributed by atoms with Crippen LogP contribution in [0.2, 0.25) is 0 Å². The molecule has 0 aromatic heterocycles. The molecule has 0 fully saturated rings. The van der Waals surface area contributed by atoms with Crippen LogP contribution in [0.4, 0.5) is 4.39 Å². The van der Waals surface area contributed by atoms with Crippen LogP contribution in [0.1, 0.15) is 20.8 Å². The molecule has 0 radical (unpaired) electrons. The number of allylic oxidation sites excluding steroid dienone is 3. The summed E-state index contributed by atoms with van der Waals surface area (Å²) in [4.78, 5) is 0. The number of hydrogen-bond donors (Lipinski definition) is 1. The van der Waals surface area contributed by atoms with Crippen LogP contribution in [0.15, 0.2) is 23.4 Å². The van der Waals surface area contributed by atoms with Crippen molar-refractivity contribution in [3.63, 3.8) is 0 Å². The van der Waals surface area contributed by atoms with E-state index in [9.17, 15) is 4.39 Å². The van der Waals surface area contributed by atoms with Crippen LogP contribution < -0.4 is 5.32 Å². The maximum Gasteiger partial charge on any atom is 0.189 e. The zero-order valence-corrected chi connectivity index (χ0v) is 7.19. The van der Waals surface area contributed by atoms with Crippen molar-refractivity contribution in [2.24, 2.45) is 5.92 Å². The average Bonchev–Trinajstić information content (AvgIpc) is 1.85. The Hall–Kier alpha value is -0.790. The lowest BCUT2D eigenvalue weighted by Gasteiger charge is -2.18. The highest BCUT2D eigenvalue weighted by atomic mass is 19.1. The van der Waals surface area contributed by atoms with Crippen molar-refractivity contribution in [2.45, 2.75) is 27.1 Å². The van der Waals surface area contributed by atoms with Gasteiger partial charge in [0.1, 0.15) is 0 Å². The van der Waals surface area contributed by atoms with Crippen LogP contribution >= 0.6 is 0 Å². The molecule has 0 bridgehead atoms. The molecule has 1 N–H and O–H groups in total. The van der Waals surface area contributed by atoms with Gasteiger partial charge in [0.05, 0.1) is 0 Å². The second-order valence-electron chi connectivity index (χ2n) is 3.19. The van der Waals surface area contributed by atoms with Crippen LogP contribution in [0.25, 0.3) is 0 Å². The summed E-state index contributed by atoms with van der Waals surface area (Å²) in [7, 11) is 0.